The lowest BCUT2D eigenvalue weighted by molar-refractivity contribution is -0.697. The molecule has 32 heavy (non-hydrogen) atoms. The van der Waals surface area contributed by atoms with Crippen LogP contribution in [0.3, 0.4) is 0 Å². The fraction of sp³-hybridized carbons (Fsp3) is 0.250. The molecule has 4 rings (SSSR count). The van der Waals surface area contributed by atoms with E-state index in [1.165, 1.54) is 36.8 Å². The molecule has 0 fully saturated rings. The van der Waals surface area contributed by atoms with Gasteiger partial charge in [0.15, 0.2) is 12.4 Å². The van der Waals surface area contributed by atoms with Crippen molar-refractivity contribution in [3.63, 3.8) is 0 Å². The van der Waals surface area contributed by atoms with Gasteiger partial charge in [0.05, 0.1) is 5.69 Å². The van der Waals surface area contributed by atoms with Gasteiger partial charge in [0.2, 0.25) is 0 Å². The SMILES string of the molecule is CCCCCC[n+]1ccc(-c2ccn3cc(-c4ccccc4)nc3c2)cc1.F[B-](F)(F)F. The van der Waals surface area contributed by atoms with E-state index in [0.717, 1.165) is 23.4 Å². The molecular formula is C24H26BF4N3. The molecule has 0 bridgehead atoms. The second-order valence-corrected chi connectivity index (χ2v) is 7.55. The Morgan fingerprint density at radius 3 is 2.19 bits per heavy atom. The van der Waals surface area contributed by atoms with Crippen LogP contribution in [-0.2, 0) is 6.54 Å². The molecule has 0 saturated carbocycles. The third-order valence-electron chi connectivity index (χ3n) is 5.02. The van der Waals surface area contributed by atoms with E-state index in [2.05, 4.69) is 77.1 Å². The predicted octanol–water partition coefficient (Wildman–Crippen LogP) is 6.84. The number of hydrogen-bond acceptors (Lipinski definition) is 1. The van der Waals surface area contributed by atoms with Gasteiger partial charge in [-0.15, -0.1) is 0 Å². The van der Waals surface area contributed by atoms with E-state index in [1.807, 2.05) is 18.2 Å². The quantitative estimate of drug-likeness (QED) is 0.133. The molecule has 0 N–H and O–H groups in total. The fourth-order valence-corrected chi connectivity index (χ4v) is 3.43. The number of aryl methyl sites for hydroxylation is 1. The van der Waals surface area contributed by atoms with Crippen molar-refractivity contribution in [1.82, 2.24) is 9.38 Å². The highest BCUT2D eigenvalue weighted by molar-refractivity contribution is 6.50. The van der Waals surface area contributed by atoms with E-state index in [9.17, 15) is 17.3 Å². The number of unbranched alkanes of at least 4 members (excludes halogenated alkanes) is 3. The smallest absolute Gasteiger partial charge is 0.418 e. The average Bonchev–Trinajstić information content (AvgIpc) is 3.20. The molecule has 0 atom stereocenters. The Balaban J connectivity index is 0.000000523. The molecule has 0 amide bonds. The molecule has 3 aromatic heterocycles. The van der Waals surface area contributed by atoms with Crippen LogP contribution in [0.15, 0.2) is 79.4 Å². The molecule has 0 aliphatic rings. The van der Waals surface area contributed by atoms with Crippen molar-refractivity contribution in [3.8, 4) is 22.4 Å². The summed E-state index contributed by atoms with van der Waals surface area (Å²) in [6, 6.07) is 19.0. The lowest BCUT2D eigenvalue weighted by Gasteiger charge is -2.02. The standard InChI is InChI=1S/C24H26N3.BF4/c1-2-3-4-8-14-26-15-11-20(12-16-26)22-13-17-27-19-23(25-24(27)18-22)21-9-6-5-7-10-21;2-1(3,4)5/h5-7,9-13,15-19H,2-4,8,14H2,1H3;/q+1;-1. The average molecular weight is 443 g/mol. The van der Waals surface area contributed by atoms with Crippen LogP contribution in [0.5, 0.6) is 0 Å². The number of nitrogens with zero attached hydrogens (tertiary/aromatic N) is 3. The summed E-state index contributed by atoms with van der Waals surface area (Å²) >= 11 is 0. The molecule has 0 aliphatic heterocycles. The Morgan fingerprint density at radius 2 is 1.53 bits per heavy atom. The number of imidazole rings is 1. The molecule has 3 heterocycles. The lowest BCUT2D eigenvalue weighted by atomic mass is 10.1. The van der Waals surface area contributed by atoms with Gasteiger partial charge in [-0.25, -0.2) is 9.55 Å². The minimum absolute atomic E-state index is 0.975. The van der Waals surface area contributed by atoms with E-state index in [0.29, 0.717) is 0 Å². The Hall–Kier alpha value is -3.16. The van der Waals surface area contributed by atoms with Gasteiger partial charge in [-0.05, 0) is 29.7 Å². The van der Waals surface area contributed by atoms with Crippen molar-refractivity contribution in [2.75, 3.05) is 0 Å². The summed E-state index contributed by atoms with van der Waals surface area (Å²) in [7, 11) is -6.00. The number of rotatable bonds is 7. The topological polar surface area (TPSA) is 21.2 Å². The third-order valence-corrected chi connectivity index (χ3v) is 5.02. The summed E-state index contributed by atoms with van der Waals surface area (Å²) < 4.78 is 43.4. The summed E-state index contributed by atoms with van der Waals surface area (Å²) in [5.41, 5.74) is 5.55. The summed E-state index contributed by atoms with van der Waals surface area (Å²) in [5, 5.41) is 0. The molecule has 0 aliphatic carbocycles. The van der Waals surface area contributed by atoms with E-state index < -0.39 is 7.25 Å². The Labute approximate surface area is 185 Å². The van der Waals surface area contributed by atoms with Gasteiger partial charge in [0.25, 0.3) is 0 Å². The van der Waals surface area contributed by atoms with Gasteiger partial charge in [-0.2, -0.15) is 0 Å². The Morgan fingerprint density at radius 1 is 0.844 bits per heavy atom. The third kappa shape index (κ3) is 7.22. The van der Waals surface area contributed by atoms with Crippen molar-refractivity contribution in [3.05, 3.63) is 79.4 Å². The summed E-state index contributed by atoms with van der Waals surface area (Å²) in [6.07, 6.45) is 13.7. The van der Waals surface area contributed by atoms with Crippen LogP contribution in [0.4, 0.5) is 17.3 Å². The number of fused-ring (bicyclic) bond motifs is 1. The lowest BCUT2D eigenvalue weighted by Crippen LogP contribution is -2.32. The van der Waals surface area contributed by atoms with E-state index in [-0.39, 0.29) is 0 Å². The molecule has 4 aromatic rings. The molecule has 8 heteroatoms. The zero-order valence-electron chi connectivity index (χ0n) is 18.0. The first-order valence-electron chi connectivity index (χ1n) is 10.7. The van der Waals surface area contributed by atoms with E-state index in [1.54, 1.807) is 0 Å². The van der Waals surface area contributed by atoms with Crippen LogP contribution in [-0.4, -0.2) is 16.6 Å². The normalized spacial score (nSPS) is 11.3. The second kappa shape index (κ2) is 10.9. The molecular weight excluding hydrogens is 417 g/mol. The van der Waals surface area contributed by atoms with Gasteiger partial charge in [-0.1, -0.05) is 50.1 Å². The van der Waals surface area contributed by atoms with Gasteiger partial charge in [0, 0.05) is 36.5 Å². The molecule has 0 radical (unpaired) electrons. The number of pyridine rings is 2. The Kier molecular flexibility index (Phi) is 8.03. The number of halogens is 4. The zero-order valence-corrected chi connectivity index (χ0v) is 18.0. The van der Waals surface area contributed by atoms with Crippen LogP contribution in [0, 0.1) is 0 Å². The monoisotopic (exact) mass is 443 g/mol. The molecule has 0 saturated heterocycles. The van der Waals surface area contributed by atoms with Crippen molar-refractivity contribution in [1.29, 1.82) is 0 Å². The van der Waals surface area contributed by atoms with Crippen molar-refractivity contribution in [2.24, 2.45) is 0 Å². The van der Waals surface area contributed by atoms with Crippen molar-refractivity contribution < 1.29 is 21.8 Å². The van der Waals surface area contributed by atoms with Gasteiger partial charge in [0.1, 0.15) is 12.2 Å². The summed E-state index contributed by atoms with van der Waals surface area (Å²) in [6.45, 7) is 3.35. The second-order valence-electron chi connectivity index (χ2n) is 7.55. The van der Waals surface area contributed by atoms with Gasteiger partial charge < -0.3 is 21.7 Å². The predicted molar refractivity (Wildman–Crippen MR) is 121 cm³/mol. The van der Waals surface area contributed by atoms with Crippen molar-refractivity contribution in [2.45, 2.75) is 39.2 Å². The van der Waals surface area contributed by atoms with E-state index in [4.69, 9.17) is 4.98 Å². The first-order chi connectivity index (χ1) is 15.3. The van der Waals surface area contributed by atoms with Crippen molar-refractivity contribution >= 4 is 12.9 Å². The first-order valence-corrected chi connectivity index (χ1v) is 10.7. The maximum Gasteiger partial charge on any atom is 0.673 e. The van der Waals surface area contributed by atoms with Gasteiger partial charge >= 0.3 is 7.25 Å². The number of aromatic nitrogens is 3. The molecule has 168 valence electrons. The van der Waals surface area contributed by atoms with Crippen LogP contribution < -0.4 is 4.57 Å². The Bertz CT molecular complexity index is 1100. The minimum Gasteiger partial charge on any atom is -0.418 e. The summed E-state index contributed by atoms with van der Waals surface area (Å²) in [4.78, 5) is 4.80. The fourth-order valence-electron chi connectivity index (χ4n) is 3.43. The minimum atomic E-state index is -6.00. The number of benzene rings is 1. The maximum absolute atomic E-state index is 9.75. The highest BCUT2D eigenvalue weighted by Gasteiger charge is 2.20. The zero-order chi connectivity index (χ0) is 23.0. The van der Waals surface area contributed by atoms with Crippen LogP contribution in [0.2, 0.25) is 0 Å². The molecule has 0 spiro atoms. The first kappa shape index (κ1) is 23.5. The number of hydrogen-bond donors (Lipinski definition) is 0. The van der Waals surface area contributed by atoms with Gasteiger partial charge in [-0.3, -0.25) is 0 Å². The molecule has 0 unspecified atom stereocenters. The maximum atomic E-state index is 9.75. The largest absolute Gasteiger partial charge is 0.673 e. The van der Waals surface area contributed by atoms with Crippen LogP contribution >= 0.6 is 0 Å². The molecule has 3 nitrogen and oxygen atoms in total. The highest BCUT2D eigenvalue weighted by Crippen LogP contribution is 2.23. The van der Waals surface area contributed by atoms with Crippen LogP contribution in [0.1, 0.15) is 32.6 Å². The van der Waals surface area contributed by atoms with Crippen LogP contribution in [0.25, 0.3) is 28.0 Å². The summed E-state index contributed by atoms with van der Waals surface area (Å²) in [5.74, 6) is 0. The van der Waals surface area contributed by atoms with E-state index >= 15 is 0 Å². The molecule has 1 aromatic carbocycles. The highest BCUT2D eigenvalue weighted by atomic mass is 19.5.